The van der Waals surface area contributed by atoms with Crippen molar-refractivity contribution in [3.63, 3.8) is 0 Å². The predicted octanol–water partition coefficient (Wildman–Crippen LogP) is 1.81. The Morgan fingerprint density at radius 3 is 3.05 bits per heavy atom. The molecular formula is C14H15ClN4O. The zero-order valence-electron chi connectivity index (χ0n) is 10.8. The van der Waals surface area contributed by atoms with Crippen molar-refractivity contribution < 1.29 is 4.74 Å². The highest BCUT2D eigenvalue weighted by Crippen LogP contribution is 2.34. The van der Waals surface area contributed by atoms with E-state index in [1.165, 1.54) is 0 Å². The summed E-state index contributed by atoms with van der Waals surface area (Å²) < 4.78 is 5.70. The minimum Gasteiger partial charge on any atom is -0.493 e. The smallest absolute Gasteiger partial charge is 0.125 e. The van der Waals surface area contributed by atoms with Crippen LogP contribution in [-0.4, -0.2) is 16.6 Å². The molecule has 0 amide bonds. The highest BCUT2D eigenvalue weighted by atomic mass is 35.5. The molecule has 2 heterocycles. The summed E-state index contributed by atoms with van der Waals surface area (Å²) in [6.45, 7) is 0.703. The van der Waals surface area contributed by atoms with E-state index in [0.717, 1.165) is 34.0 Å². The Labute approximate surface area is 122 Å². The molecule has 3 N–H and O–H groups in total. The molecule has 0 aliphatic carbocycles. The fourth-order valence-electron chi connectivity index (χ4n) is 2.46. The maximum Gasteiger partial charge on any atom is 0.125 e. The molecule has 2 aromatic rings. The van der Waals surface area contributed by atoms with Crippen LogP contribution in [0, 0.1) is 0 Å². The molecule has 3 rings (SSSR count). The van der Waals surface area contributed by atoms with Crippen LogP contribution in [0.5, 0.6) is 5.75 Å². The molecule has 20 heavy (non-hydrogen) atoms. The molecule has 1 aliphatic rings. The predicted molar refractivity (Wildman–Crippen MR) is 76.5 cm³/mol. The van der Waals surface area contributed by atoms with Crippen molar-refractivity contribution in [2.24, 2.45) is 5.84 Å². The van der Waals surface area contributed by atoms with Crippen LogP contribution in [-0.2, 0) is 12.8 Å². The summed E-state index contributed by atoms with van der Waals surface area (Å²) in [5.74, 6) is 6.57. The van der Waals surface area contributed by atoms with Crippen LogP contribution >= 0.6 is 11.6 Å². The van der Waals surface area contributed by atoms with Gasteiger partial charge in [0.25, 0.3) is 0 Å². The van der Waals surface area contributed by atoms with E-state index in [-0.39, 0.29) is 6.04 Å². The number of hydrazine groups is 1. The molecule has 5 nitrogen and oxygen atoms in total. The fraction of sp³-hybridized carbons (Fsp3) is 0.286. The summed E-state index contributed by atoms with van der Waals surface area (Å²) in [5.41, 5.74) is 5.76. The summed E-state index contributed by atoms with van der Waals surface area (Å²) in [5, 5.41) is 0.721. The first-order chi connectivity index (χ1) is 9.78. The van der Waals surface area contributed by atoms with Crippen molar-refractivity contribution in [2.75, 3.05) is 6.61 Å². The van der Waals surface area contributed by atoms with Gasteiger partial charge < -0.3 is 4.74 Å². The fourth-order valence-corrected chi connectivity index (χ4v) is 2.72. The van der Waals surface area contributed by atoms with Crippen molar-refractivity contribution in [3.8, 4) is 5.75 Å². The Hall–Kier alpha value is -1.69. The number of nitrogens with two attached hydrogens (primary N) is 1. The maximum atomic E-state index is 6.17. The molecule has 6 heteroatoms. The lowest BCUT2D eigenvalue weighted by atomic mass is 10.0. The van der Waals surface area contributed by atoms with Crippen LogP contribution in [0.2, 0.25) is 5.02 Å². The molecule has 1 aromatic heterocycles. The van der Waals surface area contributed by atoms with E-state index < -0.39 is 0 Å². The van der Waals surface area contributed by atoms with Gasteiger partial charge in [-0.25, -0.2) is 0 Å². The average molecular weight is 291 g/mol. The monoisotopic (exact) mass is 290 g/mol. The van der Waals surface area contributed by atoms with Gasteiger partial charge in [0, 0.05) is 23.8 Å². The normalized spacial score (nSPS) is 14.7. The summed E-state index contributed by atoms with van der Waals surface area (Å²) in [4.78, 5) is 8.35. The number of aromatic nitrogens is 2. The van der Waals surface area contributed by atoms with Crippen molar-refractivity contribution in [2.45, 2.75) is 18.9 Å². The van der Waals surface area contributed by atoms with Crippen molar-refractivity contribution in [3.05, 3.63) is 52.6 Å². The van der Waals surface area contributed by atoms with E-state index in [1.807, 2.05) is 12.1 Å². The van der Waals surface area contributed by atoms with Gasteiger partial charge >= 0.3 is 0 Å². The van der Waals surface area contributed by atoms with Gasteiger partial charge in [-0.2, -0.15) is 0 Å². The lowest BCUT2D eigenvalue weighted by molar-refractivity contribution is 0.351. The van der Waals surface area contributed by atoms with Crippen molar-refractivity contribution in [1.82, 2.24) is 15.4 Å². The van der Waals surface area contributed by atoms with Crippen LogP contribution in [0.3, 0.4) is 0 Å². The number of hydrogen-bond acceptors (Lipinski definition) is 5. The third-order valence-electron chi connectivity index (χ3n) is 3.39. The first-order valence-electron chi connectivity index (χ1n) is 6.44. The van der Waals surface area contributed by atoms with Gasteiger partial charge in [-0.15, -0.1) is 0 Å². The molecule has 1 unspecified atom stereocenters. The number of fused-ring (bicyclic) bond motifs is 1. The number of nitrogens with zero attached hydrogens (tertiary/aromatic N) is 2. The largest absolute Gasteiger partial charge is 0.493 e. The molecular weight excluding hydrogens is 276 g/mol. The van der Waals surface area contributed by atoms with Crippen molar-refractivity contribution >= 4 is 11.6 Å². The molecule has 0 saturated carbocycles. The SMILES string of the molecule is NNC(Cc1cc(Cl)cc2c1OCC2)c1cnccn1. The van der Waals surface area contributed by atoms with Crippen LogP contribution in [0.1, 0.15) is 22.9 Å². The quantitative estimate of drug-likeness (QED) is 0.664. The second-order valence-corrected chi connectivity index (χ2v) is 5.14. The van der Waals surface area contributed by atoms with Gasteiger partial charge in [-0.1, -0.05) is 11.6 Å². The molecule has 0 saturated heterocycles. The third kappa shape index (κ3) is 2.60. The van der Waals surface area contributed by atoms with Crippen LogP contribution in [0.25, 0.3) is 0 Å². The molecule has 0 spiro atoms. The van der Waals surface area contributed by atoms with Crippen LogP contribution in [0.15, 0.2) is 30.7 Å². The Morgan fingerprint density at radius 1 is 1.40 bits per heavy atom. The number of halogens is 1. The lowest BCUT2D eigenvalue weighted by Gasteiger charge is -2.17. The Bertz CT molecular complexity index is 606. The van der Waals surface area contributed by atoms with E-state index in [2.05, 4.69) is 15.4 Å². The minimum atomic E-state index is -0.129. The molecule has 1 aromatic carbocycles. The highest BCUT2D eigenvalue weighted by molar-refractivity contribution is 6.30. The minimum absolute atomic E-state index is 0.129. The van der Waals surface area contributed by atoms with E-state index in [4.69, 9.17) is 22.2 Å². The molecule has 104 valence electrons. The van der Waals surface area contributed by atoms with E-state index in [9.17, 15) is 0 Å². The number of nitrogens with one attached hydrogen (secondary N) is 1. The number of benzene rings is 1. The standard InChI is InChI=1S/C14H15ClN4O/c15-11-5-9-1-4-20-14(9)10(6-11)7-12(19-16)13-8-17-2-3-18-13/h2-3,5-6,8,12,19H,1,4,7,16H2. The van der Waals surface area contributed by atoms with Crippen LogP contribution in [0.4, 0.5) is 0 Å². The Kier molecular flexibility index (Phi) is 3.82. The number of hydrogen-bond donors (Lipinski definition) is 2. The van der Waals surface area contributed by atoms with Gasteiger partial charge in [-0.3, -0.25) is 21.2 Å². The summed E-state index contributed by atoms with van der Waals surface area (Å²) in [6, 6.07) is 3.75. The molecule has 0 fully saturated rings. The first kappa shape index (κ1) is 13.3. The topological polar surface area (TPSA) is 73.1 Å². The van der Waals surface area contributed by atoms with Gasteiger partial charge in [0.05, 0.1) is 24.5 Å². The summed E-state index contributed by atoms with van der Waals surface area (Å²) in [6.07, 6.45) is 6.54. The summed E-state index contributed by atoms with van der Waals surface area (Å²) >= 11 is 6.17. The van der Waals surface area contributed by atoms with Crippen LogP contribution < -0.4 is 16.0 Å². The highest BCUT2D eigenvalue weighted by Gasteiger charge is 2.21. The van der Waals surface area contributed by atoms with Gasteiger partial charge in [0.15, 0.2) is 0 Å². The molecule has 0 bridgehead atoms. The Balaban J connectivity index is 1.91. The van der Waals surface area contributed by atoms with Gasteiger partial charge in [0.1, 0.15) is 5.75 Å². The van der Waals surface area contributed by atoms with E-state index in [0.29, 0.717) is 13.0 Å². The second-order valence-electron chi connectivity index (χ2n) is 4.71. The number of rotatable bonds is 4. The number of ether oxygens (including phenoxy) is 1. The molecule has 0 radical (unpaired) electrons. The molecule has 1 atom stereocenters. The zero-order chi connectivity index (χ0) is 13.9. The zero-order valence-corrected chi connectivity index (χ0v) is 11.6. The van der Waals surface area contributed by atoms with Crippen molar-refractivity contribution in [1.29, 1.82) is 0 Å². The van der Waals surface area contributed by atoms with Gasteiger partial charge in [-0.05, 0) is 29.7 Å². The maximum absolute atomic E-state index is 6.17. The van der Waals surface area contributed by atoms with E-state index in [1.54, 1.807) is 18.6 Å². The average Bonchev–Trinajstić information content (AvgIpc) is 2.93. The summed E-state index contributed by atoms with van der Waals surface area (Å²) in [7, 11) is 0. The third-order valence-corrected chi connectivity index (χ3v) is 3.61. The van der Waals surface area contributed by atoms with E-state index >= 15 is 0 Å². The molecule has 1 aliphatic heterocycles. The first-order valence-corrected chi connectivity index (χ1v) is 6.82. The second kappa shape index (κ2) is 5.75. The Morgan fingerprint density at radius 2 is 2.30 bits per heavy atom. The lowest BCUT2D eigenvalue weighted by Crippen LogP contribution is -2.30. The van der Waals surface area contributed by atoms with Gasteiger partial charge in [0.2, 0.25) is 0 Å².